The molecule has 1 saturated heterocycles. The minimum absolute atomic E-state index is 0.0625. The van der Waals surface area contributed by atoms with Gasteiger partial charge in [-0.25, -0.2) is 0 Å². The highest BCUT2D eigenvalue weighted by molar-refractivity contribution is 5.78. The predicted octanol–water partition coefficient (Wildman–Crippen LogP) is 2.03. The maximum atomic E-state index is 12.5. The highest BCUT2D eigenvalue weighted by atomic mass is 16.5. The van der Waals surface area contributed by atoms with Gasteiger partial charge in [0, 0.05) is 20.1 Å². The molecule has 0 saturated carbocycles. The molecule has 1 aliphatic heterocycles. The molecule has 144 valence electrons. The van der Waals surface area contributed by atoms with Crippen LogP contribution < -0.4 is 5.32 Å². The molecule has 26 heavy (non-hydrogen) atoms. The molecule has 1 fully saturated rings. The average Bonchev–Trinajstić information content (AvgIpc) is 3.15. The van der Waals surface area contributed by atoms with E-state index in [4.69, 9.17) is 4.74 Å². The molecule has 1 aliphatic rings. The van der Waals surface area contributed by atoms with Crippen molar-refractivity contribution in [2.24, 2.45) is 0 Å². The summed E-state index contributed by atoms with van der Waals surface area (Å²) in [6.07, 6.45) is 1.29. The highest BCUT2D eigenvalue weighted by Gasteiger charge is 2.35. The number of rotatable bonds is 8. The van der Waals surface area contributed by atoms with Gasteiger partial charge in [0.15, 0.2) is 0 Å². The van der Waals surface area contributed by atoms with Crippen LogP contribution in [0.2, 0.25) is 0 Å². The Morgan fingerprint density at radius 3 is 2.65 bits per heavy atom. The predicted molar refractivity (Wildman–Crippen MR) is 99.4 cm³/mol. The third kappa shape index (κ3) is 5.05. The largest absolute Gasteiger partial charge is 0.386 e. The lowest BCUT2D eigenvalue weighted by molar-refractivity contribution is -0.136. The first-order chi connectivity index (χ1) is 12.5. The van der Waals surface area contributed by atoms with E-state index in [1.165, 1.54) is 0 Å². The summed E-state index contributed by atoms with van der Waals surface area (Å²) < 4.78 is 5.54. The monoisotopic (exact) mass is 362 g/mol. The van der Waals surface area contributed by atoms with E-state index in [0.717, 1.165) is 24.9 Å². The number of nitrogens with zero attached hydrogens (tertiary/aromatic N) is 1. The lowest BCUT2D eigenvalue weighted by Crippen LogP contribution is -2.46. The van der Waals surface area contributed by atoms with E-state index < -0.39 is 12.1 Å². The summed E-state index contributed by atoms with van der Waals surface area (Å²) in [4.78, 5) is 26.4. The van der Waals surface area contributed by atoms with Crippen LogP contribution in [0.3, 0.4) is 0 Å². The number of methoxy groups -OCH3 is 1. The Kier molecular flexibility index (Phi) is 7.60. The fourth-order valence-corrected chi connectivity index (χ4v) is 3.58. The Morgan fingerprint density at radius 1 is 1.35 bits per heavy atom. The van der Waals surface area contributed by atoms with Gasteiger partial charge in [-0.2, -0.15) is 0 Å². The number of benzene rings is 1. The molecule has 2 amide bonds. The molecule has 0 aliphatic carbocycles. The van der Waals surface area contributed by atoms with Crippen molar-refractivity contribution in [3.8, 4) is 0 Å². The standard InChI is InChI=1S/C20H30N2O4/c1-4-19(24)22-12-8-11-16(22)17(26-3)13-18(23)21-14(2)20(25)15-9-6-5-7-10-15/h5-7,9-10,14,16-17,20,25H,4,8,11-13H2,1-3H3,(H,21,23)/t14-,16+,17-,20-/m1/s1. The minimum Gasteiger partial charge on any atom is -0.386 e. The second-order valence-electron chi connectivity index (χ2n) is 6.84. The van der Waals surface area contributed by atoms with Gasteiger partial charge in [-0.05, 0) is 25.3 Å². The van der Waals surface area contributed by atoms with Gasteiger partial charge < -0.3 is 20.1 Å². The fourth-order valence-electron chi connectivity index (χ4n) is 3.58. The molecule has 0 bridgehead atoms. The Bertz CT molecular complexity index is 593. The maximum Gasteiger partial charge on any atom is 0.223 e. The van der Waals surface area contributed by atoms with Crippen LogP contribution in [-0.2, 0) is 14.3 Å². The Hall–Kier alpha value is -1.92. The number of carbonyl (C=O) groups excluding carboxylic acids is 2. The van der Waals surface area contributed by atoms with Gasteiger partial charge in [-0.1, -0.05) is 37.3 Å². The number of likely N-dealkylation sites (tertiary alicyclic amines) is 1. The van der Waals surface area contributed by atoms with Crippen molar-refractivity contribution in [3.63, 3.8) is 0 Å². The summed E-state index contributed by atoms with van der Waals surface area (Å²) in [5.74, 6) is -0.0852. The van der Waals surface area contributed by atoms with Crippen LogP contribution in [0.1, 0.15) is 51.2 Å². The molecule has 2 rings (SSSR count). The van der Waals surface area contributed by atoms with E-state index in [2.05, 4.69) is 5.32 Å². The minimum atomic E-state index is -0.772. The van der Waals surface area contributed by atoms with Gasteiger partial charge in [-0.3, -0.25) is 9.59 Å². The number of carbonyl (C=O) groups is 2. The number of nitrogens with one attached hydrogen (secondary N) is 1. The van der Waals surface area contributed by atoms with E-state index in [1.807, 2.05) is 42.2 Å². The lowest BCUT2D eigenvalue weighted by atomic mass is 10.0. The zero-order valence-electron chi connectivity index (χ0n) is 15.9. The molecule has 2 N–H and O–H groups in total. The van der Waals surface area contributed by atoms with Gasteiger partial charge in [0.1, 0.15) is 0 Å². The van der Waals surface area contributed by atoms with Crippen molar-refractivity contribution in [1.82, 2.24) is 10.2 Å². The van der Waals surface area contributed by atoms with E-state index in [0.29, 0.717) is 6.42 Å². The molecule has 6 heteroatoms. The van der Waals surface area contributed by atoms with Crippen LogP contribution in [0.15, 0.2) is 30.3 Å². The SMILES string of the molecule is CCC(=O)N1CCC[C@H]1[C@@H](CC(=O)N[C@H](C)[C@@H](O)c1ccccc1)OC. The fraction of sp³-hybridized carbons (Fsp3) is 0.600. The number of hydrogen-bond acceptors (Lipinski definition) is 4. The van der Waals surface area contributed by atoms with Crippen LogP contribution in [0.25, 0.3) is 0 Å². The molecule has 0 spiro atoms. The van der Waals surface area contributed by atoms with Crippen molar-refractivity contribution in [2.75, 3.05) is 13.7 Å². The normalized spacial score (nSPS) is 20.5. The smallest absolute Gasteiger partial charge is 0.223 e. The maximum absolute atomic E-state index is 12.5. The van der Waals surface area contributed by atoms with Crippen LogP contribution >= 0.6 is 0 Å². The van der Waals surface area contributed by atoms with Gasteiger partial charge in [-0.15, -0.1) is 0 Å². The van der Waals surface area contributed by atoms with E-state index in [1.54, 1.807) is 14.0 Å². The highest BCUT2D eigenvalue weighted by Crippen LogP contribution is 2.24. The number of hydrogen-bond donors (Lipinski definition) is 2. The molecule has 0 unspecified atom stereocenters. The second-order valence-corrected chi connectivity index (χ2v) is 6.84. The summed E-state index contributed by atoms with van der Waals surface area (Å²) in [5.41, 5.74) is 0.763. The zero-order valence-corrected chi connectivity index (χ0v) is 15.9. The number of ether oxygens (including phenoxy) is 1. The molecule has 6 nitrogen and oxygen atoms in total. The van der Waals surface area contributed by atoms with Gasteiger partial charge in [0.05, 0.1) is 30.7 Å². The summed E-state index contributed by atoms with van der Waals surface area (Å²) in [7, 11) is 1.58. The topological polar surface area (TPSA) is 78.9 Å². The average molecular weight is 362 g/mol. The Morgan fingerprint density at radius 2 is 2.04 bits per heavy atom. The summed E-state index contributed by atoms with van der Waals surface area (Å²) >= 11 is 0. The van der Waals surface area contributed by atoms with Crippen molar-refractivity contribution in [2.45, 2.75) is 63.8 Å². The lowest BCUT2D eigenvalue weighted by Gasteiger charge is -2.31. The van der Waals surface area contributed by atoms with Crippen LogP contribution in [-0.4, -0.2) is 53.7 Å². The first-order valence-electron chi connectivity index (χ1n) is 9.32. The third-order valence-electron chi connectivity index (χ3n) is 5.04. The van der Waals surface area contributed by atoms with Crippen LogP contribution in [0.5, 0.6) is 0 Å². The van der Waals surface area contributed by atoms with Crippen molar-refractivity contribution in [3.05, 3.63) is 35.9 Å². The summed E-state index contributed by atoms with van der Waals surface area (Å²) in [6.45, 7) is 4.35. The molecule has 0 radical (unpaired) electrons. The van der Waals surface area contributed by atoms with Gasteiger partial charge in [0.25, 0.3) is 0 Å². The Labute approximate surface area is 155 Å². The zero-order chi connectivity index (χ0) is 19.1. The quantitative estimate of drug-likeness (QED) is 0.742. The molecule has 0 aromatic heterocycles. The number of amides is 2. The molecular formula is C20H30N2O4. The van der Waals surface area contributed by atoms with Crippen molar-refractivity contribution >= 4 is 11.8 Å². The van der Waals surface area contributed by atoms with Crippen LogP contribution in [0.4, 0.5) is 0 Å². The van der Waals surface area contributed by atoms with Crippen molar-refractivity contribution in [1.29, 1.82) is 0 Å². The Balaban J connectivity index is 1.93. The molecular weight excluding hydrogens is 332 g/mol. The van der Waals surface area contributed by atoms with Crippen molar-refractivity contribution < 1.29 is 19.4 Å². The number of aliphatic hydroxyl groups excluding tert-OH is 1. The number of aliphatic hydroxyl groups is 1. The molecule has 4 atom stereocenters. The first kappa shape index (κ1) is 20.4. The molecule has 1 aromatic carbocycles. The molecule has 1 heterocycles. The second kappa shape index (κ2) is 9.69. The third-order valence-corrected chi connectivity index (χ3v) is 5.04. The van der Waals surface area contributed by atoms with E-state index in [-0.39, 0.29) is 30.4 Å². The van der Waals surface area contributed by atoms with E-state index in [9.17, 15) is 14.7 Å². The molecule has 1 aromatic rings. The summed E-state index contributed by atoms with van der Waals surface area (Å²) in [6, 6.07) is 8.77. The first-order valence-corrected chi connectivity index (χ1v) is 9.32. The van der Waals surface area contributed by atoms with Gasteiger partial charge >= 0.3 is 0 Å². The van der Waals surface area contributed by atoms with Gasteiger partial charge in [0.2, 0.25) is 11.8 Å². The van der Waals surface area contributed by atoms with E-state index >= 15 is 0 Å². The summed E-state index contributed by atoms with van der Waals surface area (Å²) in [5, 5.41) is 13.2. The van der Waals surface area contributed by atoms with Crippen LogP contribution in [0, 0.1) is 0 Å².